The maximum atomic E-state index is 11.7. The molecule has 0 radical (unpaired) electrons. The van der Waals surface area contributed by atoms with Crippen LogP contribution in [0.1, 0.15) is 20.8 Å². The molecule has 0 saturated heterocycles. The van der Waals surface area contributed by atoms with Crippen LogP contribution in [-0.4, -0.2) is 26.1 Å². The van der Waals surface area contributed by atoms with Gasteiger partial charge in [-0.15, -0.1) is 0 Å². The summed E-state index contributed by atoms with van der Waals surface area (Å²) in [5.74, 6) is 0.351. The van der Waals surface area contributed by atoms with Crippen molar-refractivity contribution in [2.75, 3.05) is 5.32 Å². The van der Waals surface area contributed by atoms with Gasteiger partial charge in [0.25, 0.3) is 0 Å². The van der Waals surface area contributed by atoms with Crippen LogP contribution < -0.4 is 5.32 Å². The fourth-order valence-corrected chi connectivity index (χ4v) is 1.78. The Morgan fingerprint density at radius 1 is 1.50 bits per heavy atom. The number of carbonyl (C=O) groups excluding carboxylic acids is 1. The van der Waals surface area contributed by atoms with Gasteiger partial charge < -0.3 is 9.14 Å². The molecule has 1 N–H and O–H groups in total. The maximum Gasteiger partial charge on any atom is 0.413 e. The van der Waals surface area contributed by atoms with Crippen molar-refractivity contribution in [3.8, 4) is 0 Å². The smallest absolute Gasteiger partial charge is 0.413 e. The maximum absolute atomic E-state index is 11.7. The van der Waals surface area contributed by atoms with Gasteiger partial charge in [-0.05, 0) is 36.7 Å². The summed E-state index contributed by atoms with van der Waals surface area (Å²) in [6.07, 6.45) is 4.59. The van der Waals surface area contributed by atoms with Crippen molar-refractivity contribution in [3.63, 3.8) is 0 Å². The Balaban J connectivity index is 2.26. The monoisotopic (exact) mass is 312 g/mol. The number of rotatable bonds is 1. The van der Waals surface area contributed by atoms with Crippen LogP contribution in [0.4, 0.5) is 10.6 Å². The number of aromatic nitrogens is 3. The number of halogens is 1. The average Bonchev–Trinajstić information content (AvgIpc) is 2.61. The molecule has 7 heteroatoms. The number of amides is 1. The Hall–Kier alpha value is -1.63. The van der Waals surface area contributed by atoms with Gasteiger partial charge in [-0.3, -0.25) is 5.32 Å². The van der Waals surface area contributed by atoms with Gasteiger partial charge in [-0.1, -0.05) is 0 Å². The molecule has 0 aliphatic carbocycles. The molecule has 2 heterocycles. The van der Waals surface area contributed by atoms with Gasteiger partial charge in [-0.2, -0.15) is 0 Å². The van der Waals surface area contributed by atoms with Crippen LogP contribution >= 0.6 is 15.9 Å². The third kappa shape index (κ3) is 2.98. The number of fused-ring (bicyclic) bond motifs is 1. The summed E-state index contributed by atoms with van der Waals surface area (Å²) in [7, 11) is 0. The molecular weight excluding hydrogens is 300 g/mol. The minimum absolute atomic E-state index is 0.351. The Morgan fingerprint density at radius 3 is 2.89 bits per heavy atom. The van der Waals surface area contributed by atoms with Crippen molar-refractivity contribution in [1.29, 1.82) is 0 Å². The van der Waals surface area contributed by atoms with Crippen LogP contribution in [0.2, 0.25) is 0 Å². The van der Waals surface area contributed by atoms with Crippen LogP contribution in [0, 0.1) is 0 Å². The largest absolute Gasteiger partial charge is 0.444 e. The minimum atomic E-state index is -0.557. The number of hydrogen-bond acceptors (Lipinski definition) is 4. The van der Waals surface area contributed by atoms with Gasteiger partial charge in [0.05, 0.1) is 0 Å². The number of hydrogen-bond donors (Lipinski definition) is 1. The second kappa shape index (κ2) is 4.56. The van der Waals surface area contributed by atoms with Crippen molar-refractivity contribution < 1.29 is 9.53 Å². The summed E-state index contributed by atoms with van der Waals surface area (Å²) < 4.78 is 7.51. The molecule has 0 unspecified atom stereocenters. The van der Waals surface area contributed by atoms with E-state index in [9.17, 15) is 4.79 Å². The van der Waals surface area contributed by atoms with Crippen LogP contribution in [0.5, 0.6) is 0 Å². The lowest BCUT2D eigenvalue weighted by atomic mass is 10.2. The van der Waals surface area contributed by atoms with Crippen LogP contribution in [0.15, 0.2) is 23.2 Å². The Morgan fingerprint density at radius 2 is 2.22 bits per heavy atom. The molecule has 2 aromatic rings. The molecule has 0 spiro atoms. The molecule has 0 atom stereocenters. The molecule has 18 heavy (non-hydrogen) atoms. The van der Waals surface area contributed by atoms with Crippen molar-refractivity contribution in [2.45, 2.75) is 26.4 Å². The summed E-state index contributed by atoms with van der Waals surface area (Å²) in [5.41, 5.74) is 0.00555. The van der Waals surface area contributed by atoms with E-state index >= 15 is 0 Å². The molecule has 0 aliphatic rings. The second-order valence-corrected chi connectivity index (χ2v) is 5.51. The van der Waals surface area contributed by atoms with E-state index in [4.69, 9.17) is 4.74 Å². The summed E-state index contributed by atoms with van der Waals surface area (Å²) >= 11 is 3.27. The van der Waals surface area contributed by atoms with Crippen LogP contribution in [-0.2, 0) is 4.74 Å². The van der Waals surface area contributed by atoms with Gasteiger partial charge in [0.1, 0.15) is 10.2 Å². The quantitative estimate of drug-likeness (QED) is 0.879. The summed E-state index contributed by atoms with van der Waals surface area (Å²) in [4.78, 5) is 20.0. The van der Waals surface area contributed by atoms with E-state index in [2.05, 4.69) is 31.2 Å². The Bertz CT molecular complexity index is 588. The number of ether oxygens (including phenoxy) is 1. The lowest BCUT2D eigenvalue weighted by molar-refractivity contribution is 0.0635. The van der Waals surface area contributed by atoms with E-state index in [1.54, 1.807) is 43.8 Å². The minimum Gasteiger partial charge on any atom is -0.444 e. The third-order valence-electron chi connectivity index (χ3n) is 1.96. The molecule has 0 fully saturated rings. The van der Waals surface area contributed by atoms with Gasteiger partial charge >= 0.3 is 6.09 Å². The van der Waals surface area contributed by atoms with E-state index < -0.39 is 11.7 Å². The van der Waals surface area contributed by atoms with E-state index in [1.165, 1.54) is 0 Å². The first kappa shape index (κ1) is 12.8. The van der Waals surface area contributed by atoms with Crippen LogP contribution in [0.25, 0.3) is 5.65 Å². The lowest BCUT2D eigenvalue weighted by Crippen LogP contribution is -2.27. The predicted octanol–water partition coefficient (Wildman–Crippen LogP) is 2.84. The third-order valence-corrected chi connectivity index (χ3v) is 2.35. The lowest BCUT2D eigenvalue weighted by Gasteiger charge is -2.19. The van der Waals surface area contributed by atoms with E-state index in [-0.39, 0.29) is 0 Å². The fraction of sp³-hybridized carbons (Fsp3) is 0.364. The zero-order valence-electron chi connectivity index (χ0n) is 10.3. The average molecular weight is 313 g/mol. The zero-order valence-corrected chi connectivity index (χ0v) is 11.9. The number of imidazole rings is 1. The van der Waals surface area contributed by atoms with Crippen molar-refractivity contribution in [1.82, 2.24) is 14.4 Å². The molecule has 0 bridgehead atoms. The molecule has 96 valence electrons. The molecule has 2 rings (SSSR count). The molecule has 2 aromatic heterocycles. The first-order valence-corrected chi connectivity index (χ1v) is 6.14. The molecule has 6 nitrogen and oxygen atoms in total. The molecule has 0 aliphatic heterocycles. The van der Waals surface area contributed by atoms with Gasteiger partial charge in [0.15, 0.2) is 11.5 Å². The predicted molar refractivity (Wildman–Crippen MR) is 70.5 cm³/mol. The normalized spacial score (nSPS) is 11.6. The molecule has 0 aromatic carbocycles. The van der Waals surface area contributed by atoms with Crippen molar-refractivity contribution in [3.05, 3.63) is 23.2 Å². The molecule has 1 amide bonds. The van der Waals surface area contributed by atoms with Gasteiger partial charge in [0.2, 0.25) is 0 Å². The van der Waals surface area contributed by atoms with Gasteiger partial charge in [-0.25, -0.2) is 14.8 Å². The SMILES string of the molecule is CC(C)(C)OC(=O)Nc1nc(Br)cn2ccnc12. The summed E-state index contributed by atoms with van der Waals surface area (Å²) in [5, 5.41) is 2.58. The number of anilines is 1. The first-order valence-electron chi connectivity index (χ1n) is 5.34. The summed E-state index contributed by atoms with van der Waals surface area (Å²) in [6, 6.07) is 0. The van der Waals surface area contributed by atoms with Gasteiger partial charge in [0, 0.05) is 18.6 Å². The Labute approximate surface area is 113 Å². The Kier molecular flexibility index (Phi) is 3.25. The highest BCUT2D eigenvalue weighted by molar-refractivity contribution is 9.10. The first-order chi connectivity index (χ1) is 8.35. The summed E-state index contributed by atoms with van der Waals surface area (Å²) in [6.45, 7) is 5.39. The van der Waals surface area contributed by atoms with Crippen LogP contribution in [0.3, 0.4) is 0 Å². The highest BCUT2D eigenvalue weighted by Crippen LogP contribution is 2.18. The second-order valence-electron chi connectivity index (χ2n) is 4.70. The number of carbonyl (C=O) groups is 1. The fourth-order valence-electron chi connectivity index (χ4n) is 1.39. The topological polar surface area (TPSA) is 68.5 Å². The van der Waals surface area contributed by atoms with E-state index in [0.717, 1.165) is 0 Å². The number of nitrogens with zero attached hydrogens (tertiary/aromatic N) is 3. The number of nitrogens with one attached hydrogen (secondary N) is 1. The highest BCUT2D eigenvalue weighted by Gasteiger charge is 2.18. The standard InChI is InChI=1S/C11H13BrN4O2/c1-11(2,3)18-10(17)15-8-9-13-4-5-16(9)6-7(12)14-8/h4-6H,1-3H3,(H,14,15,17). The van der Waals surface area contributed by atoms with E-state index in [1.807, 2.05) is 0 Å². The highest BCUT2D eigenvalue weighted by atomic mass is 79.9. The van der Waals surface area contributed by atoms with E-state index in [0.29, 0.717) is 16.1 Å². The molecule has 0 saturated carbocycles. The van der Waals surface area contributed by atoms with Crippen molar-refractivity contribution in [2.24, 2.45) is 0 Å². The zero-order chi connectivity index (χ0) is 13.3. The molecular formula is C11H13BrN4O2. The van der Waals surface area contributed by atoms with Crippen molar-refractivity contribution >= 4 is 33.5 Å².